The van der Waals surface area contributed by atoms with Gasteiger partial charge in [-0.3, -0.25) is 4.79 Å². The van der Waals surface area contributed by atoms with Crippen LogP contribution < -0.4 is 4.90 Å². The molecule has 1 heterocycles. The predicted molar refractivity (Wildman–Crippen MR) is 69.9 cm³/mol. The third-order valence-corrected chi connectivity index (χ3v) is 3.86. The highest BCUT2D eigenvalue weighted by Gasteiger charge is 2.40. The van der Waals surface area contributed by atoms with Crippen molar-refractivity contribution in [1.29, 1.82) is 0 Å². The standard InChI is InChI=1S/C13H16BrNO/c1-9-8-10(14)4-5-11(9)15-7-6-12(16)13(15,2)3/h4-5,8H,6-7H2,1-3H3. The number of rotatable bonds is 1. The van der Waals surface area contributed by atoms with Crippen molar-refractivity contribution < 1.29 is 4.79 Å². The maximum atomic E-state index is 11.8. The minimum absolute atomic E-state index is 0.329. The van der Waals surface area contributed by atoms with E-state index in [1.54, 1.807) is 0 Å². The highest BCUT2D eigenvalue weighted by molar-refractivity contribution is 9.10. The average Bonchev–Trinajstić information content (AvgIpc) is 2.44. The number of Topliss-reactive ketones (excluding diaryl/α,β-unsaturated/α-hetero) is 1. The summed E-state index contributed by atoms with van der Waals surface area (Å²) in [5, 5.41) is 0. The summed E-state index contributed by atoms with van der Waals surface area (Å²) in [6.07, 6.45) is 0.655. The normalized spacial score (nSPS) is 19.2. The Balaban J connectivity index is 2.42. The van der Waals surface area contributed by atoms with Crippen LogP contribution in [-0.2, 0) is 4.79 Å². The molecule has 1 saturated heterocycles. The van der Waals surface area contributed by atoms with Gasteiger partial charge in [-0.15, -0.1) is 0 Å². The minimum atomic E-state index is -0.363. The molecule has 0 radical (unpaired) electrons. The van der Waals surface area contributed by atoms with E-state index in [-0.39, 0.29) is 5.54 Å². The zero-order valence-electron chi connectivity index (χ0n) is 9.88. The van der Waals surface area contributed by atoms with E-state index < -0.39 is 0 Å². The second-order valence-corrected chi connectivity index (χ2v) is 5.73. The fourth-order valence-corrected chi connectivity index (χ4v) is 2.77. The summed E-state index contributed by atoms with van der Waals surface area (Å²) < 4.78 is 1.08. The van der Waals surface area contributed by atoms with E-state index in [9.17, 15) is 4.79 Å². The Morgan fingerprint density at radius 2 is 2.06 bits per heavy atom. The van der Waals surface area contributed by atoms with Gasteiger partial charge in [-0.1, -0.05) is 15.9 Å². The maximum absolute atomic E-state index is 11.8. The molecule has 0 aromatic heterocycles. The summed E-state index contributed by atoms with van der Waals surface area (Å²) in [6, 6.07) is 6.20. The number of aryl methyl sites for hydroxylation is 1. The lowest BCUT2D eigenvalue weighted by Crippen LogP contribution is -2.43. The van der Waals surface area contributed by atoms with Crippen LogP contribution in [0.4, 0.5) is 5.69 Å². The number of hydrogen-bond donors (Lipinski definition) is 0. The Morgan fingerprint density at radius 1 is 1.38 bits per heavy atom. The summed E-state index contributed by atoms with van der Waals surface area (Å²) in [4.78, 5) is 14.0. The highest BCUT2D eigenvalue weighted by Crippen LogP contribution is 2.34. The van der Waals surface area contributed by atoms with Crippen LogP contribution in [0.3, 0.4) is 0 Å². The number of benzene rings is 1. The van der Waals surface area contributed by atoms with E-state index in [1.807, 2.05) is 19.9 Å². The third-order valence-electron chi connectivity index (χ3n) is 3.37. The molecule has 1 aromatic carbocycles. The highest BCUT2D eigenvalue weighted by atomic mass is 79.9. The second kappa shape index (κ2) is 3.88. The van der Waals surface area contributed by atoms with Gasteiger partial charge in [0.1, 0.15) is 0 Å². The van der Waals surface area contributed by atoms with Crippen LogP contribution in [0.1, 0.15) is 25.8 Å². The van der Waals surface area contributed by atoms with Gasteiger partial charge in [-0.2, -0.15) is 0 Å². The summed E-state index contributed by atoms with van der Waals surface area (Å²) in [5.74, 6) is 0.329. The van der Waals surface area contributed by atoms with E-state index in [0.29, 0.717) is 12.2 Å². The molecule has 0 bridgehead atoms. The van der Waals surface area contributed by atoms with Crippen molar-refractivity contribution in [2.45, 2.75) is 32.7 Å². The van der Waals surface area contributed by atoms with Gasteiger partial charge >= 0.3 is 0 Å². The van der Waals surface area contributed by atoms with Gasteiger partial charge in [0.15, 0.2) is 5.78 Å². The Hall–Kier alpha value is -0.830. The number of carbonyl (C=O) groups excluding carboxylic acids is 1. The zero-order chi connectivity index (χ0) is 11.9. The molecule has 1 aliphatic rings. The molecule has 0 atom stereocenters. The lowest BCUT2D eigenvalue weighted by atomic mass is 9.99. The van der Waals surface area contributed by atoms with Gasteiger partial charge in [0.05, 0.1) is 5.54 Å². The van der Waals surface area contributed by atoms with Gasteiger partial charge < -0.3 is 4.90 Å². The average molecular weight is 282 g/mol. The smallest absolute Gasteiger partial charge is 0.159 e. The fraction of sp³-hybridized carbons (Fsp3) is 0.462. The Kier molecular flexibility index (Phi) is 2.82. The predicted octanol–water partition coefficient (Wildman–Crippen LogP) is 3.32. The van der Waals surface area contributed by atoms with Crippen molar-refractivity contribution in [3.8, 4) is 0 Å². The van der Waals surface area contributed by atoms with Crippen LogP contribution >= 0.6 is 15.9 Å². The molecule has 0 aliphatic carbocycles. The molecule has 86 valence electrons. The largest absolute Gasteiger partial charge is 0.359 e. The van der Waals surface area contributed by atoms with Gasteiger partial charge in [-0.05, 0) is 44.5 Å². The first-order chi connectivity index (χ1) is 7.43. The topological polar surface area (TPSA) is 20.3 Å². The van der Waals surface area contributed by atoms with Crippen molar-refractivity contribution in [3.63, 3.8) is 0 Å². The van der Waals surface area contributed by atoms with Crippen LogP contribution in [-0.4, -0.2) is 17.9 Å². The van der Waals surface area contributed by atoms with Crippen LogP contribution in [0.15, 0.2) is 22.7 Å². The fourth-order valence-electron chi connectivity index (χ4n) is 2.29. The molecule has 16 heavy (non-hydrogen) atoms. The number of carbonyl (C=O) groups is 1. The summed E-state index contributed by atoms with van der Waals surface area (Å²) in [6.45, 7) is 6.92. The van der Waals surface area contributed by atoms with Gasteiger partial charge in [0, 0.05) is 23.1 Å². The molecule has 3 heteroatoms. The van der Waals surface area contributed by atoms with E-state index in [2.05, 4.69) is 39.9 Å². The number of ketones is 1. The Morgan fingerprint density at radius 3 is 2.56 bits per heavy atom. The number of hydrogen-bond acceptors (Lipinski definition) is 2. The van der Waals surface area contributed by atoms with E-state index in [1.165, 1.54) is 11.3 Å². The molecule has 2 nitrogen and oxygen atoms in total. The second-order valence-electron chi connectivity index (χ2n) is 4.81. The first kappa shape index (κ1) is 11.6. The Labute approximate surface area is 105 Å². The first-order valence-electron chi connectivity index (χ1n) is 5.50. The van der Waals surface area contributed by atoms with E-state index in [4.69, 9.17) is 0 Å². The zero-order valence-corrected chi connectivity index (χ0v) is 11.5. The van der Waals surface area contributed by atoms with Crippen LogP contribution in [0, 0.1) is 6.92 Å². The van der Waals surface area contributed by atoms with Gasteiger partial charge in [-0.25, -0.2) is 0 Å². The van der Waals surface area contributed by atoms with E-state index >= 15 is 0 Å². The molecular weight excluding hydrogens is 266 g/mol. The quantitative estimate of drug-likeness (QED) is 0.787. The molecule has 0 saturated carbocycles. The molecule has 0 unspecified atom stereocenters. The van der Waals surface area contributed by atoms with Gasteiger partial charge in [0.2, 0.25) is 0 Å². The molecule has 0 N–H and O–H groups in total. The molecule has 2 rings (SSSR count). The van der Waals surface area contributed by atoms with Crippen LogP contribution in [0.2, 0.25) is 0 Å². The SMILES string of the molecule is Cc1cc(Br)ccc1N1CCC(=O)C1(C)C. The van der Waals surface area contributed by atoms with Gasteiger partial charge in [0.25, 0.3) is 0 Å². The van der Waals surface area contributed by atoms with E-state index in [0.717, 1.165) is 11.0 Å². The van der Waals surface area contributed by atoms with Crippen molar-refractivity contribution in [3.05, 3.63) is 28.2 Å². The number of nitrogens with zero attached hydrogens (tertiary/aromatic N) is 1. The van der Waals surface area contributed by atoms with Crippen molar-refractivity contribution in [2.75, 3.05) is 11.4 Å². The van der Waals surface area contributed by atoms with Crippen LogP contribution in [0.25, 0.3) is 0 Å². The minimum Gasteiger partial charge on any atom is -0.359 e. The lowest BCUT2D eigenvalue weighted by Gasteiger charge is -2.33. The molecular formula is C13H16BrNO. The van der Waals surface area contributed by atoms with Crippen molar-refractivity contribution >= 4 is 27.4 Å². The third kappa shape index (κ3) is 1.77. The summed E-state index contributed by atoms with van der Waals surface area (Å²) in [5.41, 5.74) is 2.01. The molecule has 1 aliphatic heterocycles. The summed E-state index contributed by atoms with van der Waals surface area (Å²) in [7, 11) is 0. The molecule has 0 amide bonds. The van der Waals surface area contributed by atoms with Crippen molar-refractivity contribution in [1.82, 2.24) is 0 Å². The van der Waals surface area contributed by atoms with Crippen LogP contribution in [0.5, 0.6) is 0 Å². The Bertz CT molecular complexity index is 440. The monoisotopic (exact) mass is 281 g/mol. The first-order valence-corrected chi connectivity index (χ1v) is 6.29. The molecule has 0 spiro atoms. The van der Waals surface area contributed by atoms with Crippen molar-refractivity contribution in [2.24, 2.45) is 0 Å². The molecule has 1 aromatic rings. The number of anilines is 1. The summed E-state index contributed by atoms with van der Waals surface area (Å²) >= 11 is 3.46. The molecule has 1 fully saturated rings. The number of halogens is 1. The lowest BCUT2D eigenvalue weighted by molar-refractivity contribution is -0.120. The maximum Gasteiger partial charge on any atom is 0.159 e.